The summed E-state index contributed by atoms with van der Waals surface area (Å²) in [6.07, 6.45) is 9.06. The van der Waals surface area contributed by atoms with Crippen LogP contribution >= 0.6 is 0 Å². The fourth-order valence-electron chi connectivity index (χ4n) is 5.47. The second kappa shape index (κ2) is 9.49. The summed E-state index contributed by atoms with van der Waals surface area (Å²) >= 11 is 0. The van der Waals surface area contributed by atoms with Crippen molar-refractivity contribution in [2.45, 2.75) is 65.3 Å². The van der Waals surface area contributed by atoms with Crippen LogP contribution in [0.25, 0.3) is 11.2 Å². The first-order chi connectivity index (χ1) is 16.2. The summed E-state index contributed by atoms with van der Waals surface area (Å²) in [4.78, 5) is 32.2. The summed E-state index contributed by atoms with van der Waals surface area (Å²) in [6.45, 7) is 7.45. The molecule has 2 aromatic heterocycles. The molecule has 1 amide bonds. The minimum Gasteiger partial charge on any atom is -0.354 e. The van der Waals surface area contributed by atoms with Crippen LogP contribution in [0.15, 0.2) is 30.6 Å². The number of aromatic nitrogens is 4. The zero-order chi connectivity index (χ0) is 22.8. The largest absolute Gasteiger partial charge is 0.354 e. The number of fused-ring (bicyclic) bond motifs is 3. The fourth-order valence-corrected chi connectivity index (χ4v) is 5.47. The predicted molar refractivity (Wildman–Crippen MR) is 132 cm³/mol. The zero-order valence-electron chi connectivity index (χ0n) is 19.8. The van der Waals surface area contributed by atoms with Crippen LogP contribution in [0.5, 0.6) is 0 Å². The number of carbonyl (C=O) groups is 1. The molecule has 0 spiro atoms. The van der Waals surface area contributed by atoms with Gasteiger partial charge < -0.3 is 14.4 Å². The molecule has 1 fully saturated rings. The molecule has 0 radical (unpaired) electrons. The summed E-state index contributed by atoms with van der Waals surface area (Å²) in [5, 5.41) is 0. The Morgan fingerprint density at radius 1 is 1.09 bits per heavy atom. The molecule has 1 aromatic carbocycles. The van der Waals surface area contributed by atoms with Gasteiger partial charge in [0.05, 0.1) is 5.92 Å². The maximum Gasteiger partial charge on any atom is 0.231 e. The van der Waals surface area contributed by atoms with Gasteiger partial charge >= 0.3 is 0 Å². The average molecular weight is 447 g/mol. The highest BCUT2D eigenvalue weighted by Gasteiger charge is 2.32. The van der Waals surface area contributed by atoms with Gasteiger partial charge in [-0.25, -0.2) is 15.0 Å². The van der Waals surface area contributed by atoms with Crippen LogP contribution in [0.2, 0.25) is 0 Å². The number of aryl methyl sites for hydroxylation is 3. The lowest BCUT2D eigenvalue weighted by Gasteiger charge is -2.35. The first kappa shape index (κ1) is 21.9. The molecule has 3 aromatic rings. The number of imidazole rings is 1. The van der Waals surface area contributed by atoms with Crippen molar-refractivity contribution in [1.29, 1.82) is 0 Å². The number of piperidine rings is 1. The number of amides is 1. The normalized spacial score (nSPS) is 18.7. The number of nitrogens with zero attached hydrogens (tertiary/aromatic N) is 6. The van der Waals surface area contributed by atoms with E-state index in [2.05, 4.69) is 51.5 Å². The third-order valence-electron chi connectivity index (χ3n) is 7.19. The Hall–Kier alpha value is -2.96. The van der Waals surface area contributed by atoms with E-state index in [1.54, 1.807) is 6.33 Å². The van der Waals surface area contributed by atoms with Crippen LogP contribution in [0.1, 0.15) is 57.3 Å². The highest BCUT2D eigenvalue weighted by Crippen LogP contribution is 2.31. The summed E-state index contributed by atoms with van der Waals surface area (Å²) in [6, 6.07) is 8.28. The molecule has 0 N–H and O–H groups in total. The number of carbonyl (C=O) groups excluding carboxylic acids is 1. The lowest BCUT2D eigenvalue weighted by Crippen LogP contribution is -2.45. The van der Waals surface area contributed by atoms with Gasteiger partial charge in [0, 0.05) is 38.3 Å². The zero-order valence-corrected chi connectivity index (χ0v) is 19.8. The van der Waals surface area contributed by atoms with Crippen molar-refractivity contribution in [3.8, 4) is 0 Å². The second-order valence-corrected chi connectivity index (χ2v) is 9.21. The van der Waals surface area contributed by atoms with Crippen molar-refractivity contribution in [2.75, 3.05) is 29.4 Å². The predicted octanol–water partition coefficient (Wildman–Crippen LogP) is 4.38. The van der Waals surface area contributed by atoms with E-state index in [9.17, 15) is 4.79 Å². The van der Waals surface area contributed by atoms with Gasteiger partial charge in [0.1, 0.15) is 12.2 Å². The fraction of sp³-hybridized carbons (Fsp3) is 0.538. The number of para-hydroxylation sites is 1. The van der Waals surface area contributed by atoms with E-state index in [4.69, 9.17) is 4.98 Å². The standard InChI is InChI=1S/C26H34N6O/c1-3-19-11-7-8-13-21(19)31(4-2)26(33)20-12-10-15-30(17-20)24-23-25(28-18-27-24)32-16-9-5-6-14-22(32)29-23/h7-8,11,13,18,20H,3-6,9-10,12,14-17H2,1-2H3/t20-/m1/s1. The van der Waals surface area contributed by atoms with Crippen molar-refractivity contribution in [3.05, 3.63) is 42.0 Å². The molecule has 33 heavy (non-hydrogen) atoms. The van der Waals surface area contributed by atoms with Gasteiger partial charge in [-0.2, -0.15) is 0 Å². The third-order valence-corrected chi connectivity index (χ3v) is 7.19. The van der Waals surface area contributed by atoms with Crippen LogP contribution in [-0.4, -0.2) is 45.1 Å². The molecule has 7 heteroatoms. The Balaban J connectivity index is 1.42. The van der Waals surface area contributed by atoms with Crippen LogP contribution in [0.3, 0.4) is 0 Å². The quantitative estimate of drug-likeness (QED) is 0.582. The van der Waals surface area contributed by atoms with E-state index in [-0.39, 0.29) is 11.8 Å². The van der Waals surface area contributed by atoms with Crippen molar-refractivity contribution in [3.63, 3.8) is 0 Å². The van der Waals surface area contributed by atoms with E-state index in [0.29, 0.717) is 13.1 Å². The molecule has 0 aliphatic carbocycles. The van der Waals surface area contributed by atoms with E-state index >= 15 is 0 Å². The molecular weight excluding hydrogens is 412 g/mol. The van der Waals surface area contributed by atoms with Gasteiger partial charge in [-0.3, -0.25) is 4.79 Å². The summed E-state index contributed by atoms with van der Waals surface area (Å²) in [5.41, 5.74) is 4.10. The van der Waals surface area contributed by atoms with Crippen LogP contribution in [-0.2, 0) is 24.2 Å². The third kappa shape index (κ3) is 4.09. The SMILES string of the molecule is CCc1ccccc1N(CC)C(=O)[C@@H]1CCCN(c2ncnc3c2nc2n3CCCCC2)C1. The van der Waals surface area contributed by atoms with Gasteiger partial charge in [-0.05, 0) is 50.7 Å². The number of anilines is 2. The highest BCUT2D eigenvalue weighted by molar-refractivity contribution is 5.96. The first-order valence-electron chi connectivity index (χ1n) is 12.6. The molecule has 2 aliphatic rings. The van der Waals surface area contributed by atoms with Crippen molar-refractivity contribution < 1.29 is 4.79 Å². The molecule has 0 unspecified atom stereocenters. The van der Waals surface area contributed by atoms with Gasteiger partial charge in [0.2, 0.25) is 5.91 Å². The Bertz CT molecular complexity index is 1140. The van der Waals surface area contributed by atoms with Crippen molar-refractivity contribution in [1.82, 2.24) is 19.5 Å². The van der Waals surface area contributed by atoms with E-state index < -0.39 is 0 Å². The molecule has 1 saturated heterocycles. The van der Waals surface area contributed by atoms with Crippen molar-refractivity contribution in [2.24, 2.45) is 5.92 Å². The number of rotatable bonds is 5. The molecule has 1 atom stereocenters. The number of hydrogen-bond donors (Lipinski definition) is 0. The molecule has 0 saturated carbocycles. The van der Waals surface area contributed by atoms with Gasteiger partial charge in [-0.15, -0.1) is 0 Å². The number of hydrogen-bond acceptors (Lipinski definition) is 5. The molecule has 7 nitrogen and oxygen atoms in total. The summed E-state index contributed by atoms with van der Waals surface area (Å²) < 4.78 is 2.28. The second-order valence-electron chi connectivity index (χ2n) is 9.21. The average Bonchev–Trinajstić information content (AvgIpc) is 3.05. The minimum absolute atomic E-state index is 0.0472. The van der Waals surface area contributed by atoms with E-state index in [1.165, 1.54) is 24.8 Å². The first-order valence-corrected chi connectivity index (χ1v) is 12.6. The molecule has 2 aliphatic heterocycles. The van der Waals surface area contributed by atoms with Crippen LogP contribution < -0.4 is 9.80 Å². The molecular formula is C26H34N6O. The summed E-state index contributed by atoms with van der Waals surface area (Å²) in [7, 11) is 0. The van der Waals surface area contributed by atoms with E-state index in [0.717, 1.165) is 67.3 Å². The topological polar surface area (TPSA) is 67.2 Å². The number of benzene rings is 1. The van der Waals surface area contributed by atoms with Crippen LogP contribution in [0, 0.1) is 5.92 Å². The maximum atomic E-state index is 13.7. The Labute approximate surface area is 195 Å². The van der Waals surface area contributed by atoms with Gasteiger partial charge in [0.25, 0.3) is 0 Å². The Kier molecular flexibility index (Phi) is 6.29. The van der Waals surface area contributed by atoms with Gasteiger partial charge in [-0.1, -0.05) is 31.5 Å². The Morgan fingerprint density at radius 2 is 1.97 bits per heavy atom. The van der Waals surface area contributed by atoms with Crippen LogP contribution in [0.4, 0.5) is 11.5 Å². The van der Waals surface area contributed by atoms with E-state index in [1.807, 2.05) is 11.0 Å². The Morgan fingerprint density at radius 3 is 2.82 bits per heavy atom. The molecule has 0 bridgehead atoms. The van der Waals surface area contributed by atoms with Gasteiger partial charge in [0.15, 0.2) is 17.0 Å². The lowest BCUT2D eigenvalue weighted by molar-refractivity contribution is -0.122. The highest BCUT2D eigenvalue weighted by atomic mass is 16.2. The molecule has 4 heterocycles. The monoisotopic (exact) mass is 446 g/mol. The summed E-state index contributed by atoms with van der Waals surface area (Å²) in [5.74, 6) is 2.18. The smallest absolute Gasteiger partial charge is 0.231 e. The lowest BCUT2D eigenvalue weighted by atomic mass is 9.95. The minimum atomic E-state index is -0.0472. The maximum absolute atomic E-state index is 13.7. The molecule has 174 valence electrons. The molecule has 5 rings (SSSR count). The van der Waals surface area contributed by atoms with Crippen molar-refractivity contribution >= 4 is 28.6 Å².